The van der Waals surface area contributed by atoms with Crippen molar-refractivity contribution in [3.8, 4) is 0 Å². The van der Waals surface area contributed by atoms with Crippen molar-refractivity contribution < 1.29 is 19.1 Å². The average molecular weight is 523 g/mol. The van der Waals surface area contributed by atoms with Gasteiger partial charge in [-0.05, 0) is 57.8 Å². The summed E-state index contributed by atoms with van der Waals surface area (Å²) in [6, 6.07) is 0.0846. The molecule has 1 aliphatic heterocycles. The zero-order chi connectivity index (χ0) is 27.7. The van der Waals surface area contributed by atoms with Crippen LogP contribution in [-0.2, 0) is 19.1 Å². The highest BCUT2D eigenvalue weighted by atomic mass is 16.5. The molecule has 208 valence electrons. The summed E-state index contributed by atoms with van der Waals surface area (Å²) >= 11 is 0. The van der Waals surface area contributed by atoms with Crippen molar-refractivity contribution in [2.24, 2.45) is 0 Å². The van der Waals surface area contributed by atoms with E-state index >= 15 is 0 Å². The molecule has 1 heterocycles. The number of rotatable bonds is 17. The molecular weight excluding hydrogens is 476 g/mol. The first-order valence-corrected chi connectivity index (χ1v) is 13.8. The van der Waals surface area contributed by atoms with Crippen LogP contribution in [0.3, 0.4) is 0 Å². The molecule has 38 heavy (non-hydrogen) atoms. The molecule has 0 unspecified atom stereocenters. The van der Waals surface area contributed by atoms with Gasteiger partial charge in [0, 0.05) is 37.7 Å². The van der Waals surface area contributed by atoms with Gasteiger partial charge in [-0.3, -0.25) is 9.59 Å². The molecule has 1 saturated heterocycles. The summed E-state index contributed by atoms with van der Waals surface area (Å²) in [4.78, 5) is 37.1. The molecule has 0 saturated carbocycles. The highest BCUT2D eigenvalue weighted by molar-refractivity contribution is 5.94. The largest absolute Gasteiger partial charge is 0.466 e. The van der Waals surface area contributed by atoms with E-state index in [1.54, 1.807) is 4.90 Å². The Labute approximate surface area is 229 Å². The van der Waals surface area contributed by atoms with Crippen molar-refractivity contribution in [1.82, 2.24) is 10.2 Å². The molecule has 0 bridgehead atoms. The summed E-state index contributed by atoms with van der Waals surface area (Å²) < 4.78 is 4.49. The van der Waals surface area contributed by atoms with Gasteiger partial charge in [0.15, 0.2) is 0 Å². The Hall–Kier alpha value is -3.41. The molecule has 0 aromatic heterocycles. The number of hydrogen-bond acceptors (Lipinski definition) is 4. The van der Waals surface area contributed by atoms with Crippen molar-refractivity contribution in [1.29, 1.82) is 0 Å². The number of nitrogens with one attached hydrogen (secondary N) is 1. The number of carbonyl (C=O) groups excluding carboxylic acids is 3. The first kappa shape index (κ1) is 32.6. The van der Waals surface area contributed by atoms with Gasteiger partial charge in [0.1, 0.15) is 0 Å². The molecule has 0 atom stereocenters. The second kappa shape index (κ2) is 22.8. The van der Waals surface area contributed by atoms with Gasteiger partial charge in [0.25, 0.3) is 0 Å². The van der Waals surface area contributed by atoms with Crippen molar-refractivity contribution in [3.05, 3.63) is 85.1 Å². The van der Waals surface area contributed by atoms with Gasteiger partial charge in [-0.1, -0.05) is 79.8 Å². The molecule has 0 aliphatic carbocycles. The zero-order valence-corrected chi connectivity index (χ0v) is 23.2. The fraction of sp³-hybridized carbons (Fsp3) is 0.469. The molecule has 1 aliphatic rings. The molecule has 0 radical (unpaired) electrons. The van der Waals surface area contributed by atoms with E-state index in [1.165, 1.54) is 13.2 Å². The van der Waals surface area contributed by atoms with E-state index in [4.69, 9.17) is 0 Å². The monoisotopic (exact) mass is 522 g/mol. The normalized spacial score (nSPS) is 15.5. The number of nitrogens with zero attached hydrogens (tertiary/aromatic N) is 1. The lowest BCUT2D eigenvalue weighted by atomic mass is 10.0. The molecule has 1 N–H and O–H groups in total. The maximum absolute atomic E-state index is 12.2. The third-order valence-electron chi connectivity index (χ3n) is 5.87. The minimum Gasteiger partial charge on any atom is -0.466 e. The van der Waals surface area contributed by atoms with Crippen LogP contribution in [-0.4, -0.2) is 48.9 Å². The van der Waals surface area contributed by atoms with E-state index in [2.05, 4.69) is 83.8 Å². The summed E-state index contributed by atoms with van der Waals surface area (Å²) in [5.74, 6) is -0.717. The van der Waals surface area contributed by atoms with Crippen LogP contribution < -0.4 is 5.32 Å². The van der Waals surface area contributed by atoms with E-state index < -0.39 is 5.97 Å². The molecule has 1 rings (SSSR count). The SMILES string of the molecule is CC/C=C\C/C=C\C/C=C\C/C=C\C/C=C\C/C=C\CCC(=O)NC1CCN(C(=O)C=CC(=O)OC)CC1. The Morgan fingerprint density at radius 1 is 0.737 bits per heavy atom. The van der Waals surface area contributed by atoms with Gasteiger partial charge in [0.2, 0.25) is 11.8 Å². The van der Waals surface area contributed by atoms with Crippen LogP contribution in [0, 0.1) is 0 Å². The van der Waals surface area contributed by atoms with E-state index in [0.717, 1.165) is 44.6 Å². The Kier molecular flexibility index (Phi) is 19.5. The number of likely N-dealkylation sites (tertiary alicyclic amines) is 1. The van der Waals surface area contributed by atoms with Gasteiger partial charge in [-0.2, -0.15) is 0 Å². The van der Waals surface area contributed by atoms with Crippen molar-refractivity contribution >= 4 is 17.8 Å². The van der Waals surface area contributed by atoms with Gasteiger partial charge in [0.05, 0.1) is 7.11 Å². The van der Waals surface area contributed by atoms with Gasteiger partial charge >= 0.3 is 5.97 Å². The van der Waals surface area contributed by atoms with Gasteiger partial charge in [-0.25, -0.2) is 4.79 Å². The lowest BCUT2D eigenvalue weighted by Crippen LogP contribution is -2.46. The first-order valence-electron chi connectivity index (χ1n) is 13.8. The molecule has 1 fully saturated rings. The number of esters is 1. The summed E-state index contributed by atoms with van der Waals surface area (Å²) in [6.07, 6.45) is 36.8. The molecule has 2 amide bonds. The van der Waals surface area contributed by atoms with E-state index in [1.807, 2.05) is 6.08 Å². The van der Waals surface area contributed by atoms with Gasteiger partial charge in [-0.15, -0.1) is 0 Å². The van der Waals surface area contributed by atoms with Crippen LogP contribution in [0.5, 0.6) is 0 Å². The highest BCUT2D eigenvalue weighted by Crippen LogP contribution is 2.11. The fourth-order valence-electron chi connectivity index (χ4n) is 3.71. The number of piperidine rings is 1. The van der Waals surface area contributed by atoms with Crippen LogP contribution in [0.15, 0.2) is 85.1 Å². The number of carbonyl (C=O) groups is 3. The maximum atomic E-state index is 12.2. The molecular formula is C32H46N2O4. The first-order chi connectivity index (χ1) is 18.6. The van der Waals surface area contributed by atoms with Crippen LogP contribution in [0.1, 0.15) is 71.1 Å². The zero-order valence-electron chi connectivity index (χ0n) is 23.2. The Bertz CT molecular complexity index is 885. The molecule has 0 aromatic rings. The highest BCUT2D eigenvalue weighted by Gasteiger charge is 2.22. The summed E-state index contributed by atoms with van der Waals surface area (Å²) in [5, 5.41) is 3.06. The Morgan fingerprint density at radius 3 is 1.68 bits per heavy atom. The van der Waals surface area contributed by atoms with Crippen molar-refractivity contribution in [2.45, 2.75) is 77.2 Å². The fourth-order valence-corrected chi connectivity index (χ4v) is 3.71. The quantitative estimate of drug-likeness (QED) is 0.138. The minimum atomic E-state index is -0.549. The number of methoxy groups -OCH3 is 1. The third kappa shape index (κ3) is 17.9. The second-order valence-corrected chi connectivity index (χ2v) is 8.98. The van der Waals surface area contributed by atoms with E-state index in [9.17, 15) is 14.4 Å². The molecule has 0 aromatic carbocycles. The number of allylic oxidation sites excluding steroid dienone is 12. The van der Waals surface area contributed by atoms with Crippen LogP contribution in [0.4, 0.5) is 0 Å². The molecule has 6 nitrogen and oxygen atoms in total. The van der Waals surface area contributed by atoms with Gasteiger partial charge < -0.3 is 15.0 Å². The van der Waals surface area contributed by atoms with Crippen molar-refractivity contribution in [3.63, 3.8) is 0 Å². The van der Waals surface area contributed by atoms with Crippen LogP contribution >= 0.6 is 0 Å². The summed E-state index contributed by atoms with van der Waals surface area (Å²) in [6.45, 7) is 3.26. The predicted octanol–water partition coefficient (Wildman–Crippen LogP) is 6.30. The van der Waals surface area contributed by atoms with E-state index in [-0.39, 0.29) is 17.9 Å². The number of ether oxygens (including phenoxy) is 1. The standard InChI is InChI=1S/C32H46N2O4/c1-3-4-5-6-7-8-9-10-11-12-13-14-15-16-17-18-19-20-21-22-30(35)33-29-25-27-34(28-26-29)31(36)23-24-32(37)38-2/h4-5,7-8,10-11,13-14,16-17,19-20,23-24,29H,3,6,9,12,15,18,21-22,25-28H2,1-2H3,(H,33,35)/b5-4-,8-7-,11-10-,14-13-,17-16-,20-19-,24-23?. The van der Waals surface area contributed by atoms with E-state index in [0.29, 0.717) is 38.8 Å². The van der Waals surface area contributed by atoms with Crippen molar-refractivity contribution in [2.75, 3.05) is 20.2 Å². The lowest BCUT2D eigenvalue weighted by Gasteiger charge is -2.31. The topological polar surface area (TPSA) is 75.7 Å². The second-order valence-electron chi connectivity index (χ2n) is 8.98. The smallest absolute Gasteiger partial charge is 0.330 e. The maximum Gasteiger partial charge on any atom is 0.330 e. The van der Waals surface area contributed by atoms with Crippen LogP contribution in [0.25, 0.3) is 0 Å². The summed E-state index contributed by atoms with van der Waals surface area (Å²) in [7, 11) is 1.27. The molecule has 6 heteroatoms. The van der Waals surface area contributed by atoms with Crippen LogP contribution in [0.2, 0.25) is 0 Å². The Morgan fingerprint density at radius 2 is 1.21 bits per heavy atom. The average Bonchev–Trinajstić information content (AvgIpc) is 2.93. The number of amides is 2. The Balaban J connectivity index is 2.05. The molecule has 0 spiro atoms. The predicted molar refractivity (Wildman–Crippen MR) is 156 cm³/mol. The number of hydrogen-bond donors (Lipinski definition) is 1. The third-order valence-corrected chi connectivity index (χ3v) is 5.87. The minimum absolute atomic E-state index is 0.0416. The lowest BCUT2D eigenvalue weighted by molar-refractivity contribution is -0.135. The summed E-state index contributed by atoms with van der Waals surface area (Å²) in [5.41, 5.74) is 0.